The largest absolute Gasteiger partial charge is 0.336 e. The minimum atomic E-state index is -0.158. The van der Waals surface area contributed by atoms with E-state index in [-0.39, 0.29) is 5.91 Å². The number of carbonyl (C=O) groups excluding carboxylic acids is 1. The van der Waals surface area contributed by atoms with Gasteiger partial charge in [0.25, 0.3) is 11.6 Å². The Balaban J connectivity index is 1.79. The first-order valence-corrected chi connectivity index (χ1v) is 8.54. The van der Waals surface area contributed by atoms with Gasteiger partial charge in [0.2, 0.25) is 0 Å². The van der Waals surface area contributed by atoms with Crippen LogP contribution >= 0.6 is 22.6 Å². The lowest BCUT2D eigenvalue weighted by Gasteiger charge is -2.09. The molecular formula is C17H14IN3O2. The lowest BCUT2D eigenvalue weighted by Crippen LogP contribution is -2.14. The molecule has 0 spiro atoms. The molecule has 2 heterocycles. The summed E-state index contributed by atoms with van der Waals surface area (Å²) >= 11 is 2.21. The molecule has 1 amide bonds. The van der Waals surface area contributed by atoms with Crippen LogP contribution in [0.4, 0.5) is 5.69 Å². The SMILES string of the molecule is Cc1noc2nc(C3CC3)cc(C(=O)Nc3ccccc3I)c12. The van der Waals surface area contributed by atoms with Gasteiger partial charge in [-0.15, -0.1) is 0 Å². The Morgan fingerprint density at radius 2 is 2.13 bits per heavy atom. The molecule has 2 aromatic heterocycles. The van der Waals surface area contributed by atoms with Crippen LogP contribution in [0.2, 0.25) is 0 Å². The molecule has 1 saturated carbocycles. The number of halogens is 1. The third kappa shape index (κ3) is 2.71. The molecule has 6 heteroatoms. The molecule has 4 rings (SSSR count). The van der Waals surface area contributed by atoms with E-state index >= 15 is 0 Å². The van der Waals surface area contributed by atoms with Crippen molar-refractivity contribution in [1.82, 2.24) is 10.1 Å². The highest BCUT2D eigenvalue weighted by Gasteiger charge is 2.28. The first-order chi connectivity index (χ1) is 11.1. The Morgan fingerprint density at radius 3 is 2.87 bits per heavy atom. The summed E-state index contributed by atoms with van der Waals surface area (Å²) in [5.74, 6) is 0.280. The number of pyridine rings is 1. The number of nitrogens with one attached hydrogen (secondary N) is 1. The molecule has 0 aliphatic heterocycles. The zero-order chi connectivity index (χ0) is 16.0. The third-order valence-corrected chi connectivity index (χ3v) is 4.94. The van der Waals surface area contributed by atoms with Crippen molar-refractivity contribution >= 4 is 45.3 Å². The number of anilines is 1. The highest BCUT2D eigenvalue weighted by molar-refractivity contribution is 14.1. The predicted octanol–water partition coefficient (Wildman–Crippen LogP) is 4.27. The number of para-hydroxylation sites is 1. The van der Waals surface area contributed by atoms with Crippen LogP contribution in [0.15, 0.2) is 34.9 Å². The van der Waals surface area contributed by atoms with Gasteiger partial charge in [-0.05, 0) is 60.6 Å². The van der Waals surface area contributed by atoms with Gasteiger partial charge in [0.15, 0.2) is 0 Å². The van der Waals surface area contributed by atoms with Gasteiger partial charge in [0.05, 0.1) is 22.3 Å². The fourth-order valence-corrected chi connectivity index (χ4v) is 3.16. The number of amides is 1. The van der Waals surface area contributed by atoms with E-state index in [0.717, 1.165) is 27.8 Å². The van der Waals surface area contributed by atoms with Crippen LogP contribution in [-0.2, 0) is 0 Å². The fraction of sp³-hybridized carbons (Fsp3) is 0.235. The summed E-state index contributed by atoms with van der Waals surface area (Å²) in [5.41, 5.74) is 3.42. The van der Waals surface area contributed by atoms with Gasteiger partial charge in [0.1, 0.15) is 0 Å². The van der Waals surface area contributed by atoms with E-state index in [1.807, 2.05) is 37.3 Å². The number of nitrogens with zero attached hydrogens (tertiary/aromatic N) is 2. The zero-order valence-electron chi connectivity index (χ0n) is 12.5. The van der Waals surface area contributed by atoms with Crippen molar-refractivity contribution in [3.8, 4) is 0 Å². The van der Waals surface area contributed by atoms with Crippen molar-refractivity contribution in [2.24, 2.45) is 0 Å². The van der Waals surface area contributed by atoms with Gasteiger partial charge < -0.3 is 9.84 Å². The van der Waals surface area contributed by atoms with Crippen LogP contribution in [0.1, 0.15) is 40.5 Å². The Hall–Kier alpha value is -1.96. The number of fused-ring (bicyclic) bond motifs is 1. The summed E-state index contributed by atoms with van der Waals surface area (Å²) in [5, 5.41) is 7.64. The van der Waals surface area contributed by atoms with E-state index in [1.165, 1.54) is 0 Å². The number of aryl methyl sites for hydroxylation is 1. The summed E-state index contributed by atoms with van der Waals surface area (Å²) < 4.78 is 6.28. The number of hydrogen-bond donors (Lipinski definition) is 1. The van der Waals surface area contributed by atoms with Crippen LogP contribution in [0.5, 0.6) is 0 Å². The first kappa shape index (κ1) is 14.6. The Bertz CT molecular complexity index is 915. The number of hydrogen-bond acceptors (Lipinski definition) is 4. The summed E-state index contributed by atoms with van der Waals surface area (Å²) in [6.45, 7) is 1.83. The van der Waals surface area contributed by atoms with Crippen molar-refractivity contribution in [1.29, 1.82) is 0 Å². The number of rotatable bonds is 3. The lowest BCUT2D eigenvalue weighted by atomic mass is 10.1. The lowest BCUT2D eigenvalue weighted by molar-refractivity contribution is 0.102. The molecule has 5 nitrogen and oxygen atoms in total. The first-order valence-electron chi connectivity index (χ1n) is 7.46. The highest BCUT2D eigenvalue weighted by atomic mass is 127. The average Bonchev–Trinajstić information content (AvgIpc) is 3.33. The molecule has 1 aliphatic rings. The standard InChI is InChI=1S/C17H14IN3O2/c1-9-15-11(16(22)19-13-5-3-2-4-12(13)18)8-14(10-6-7-10)20-17(15)23-21-9/h2-5,8,10H,6-7H2,1H3,(H,19,22). The maximum Gasteiger partial charge on any atom is 0.259 e. The monoisotopic (exact) mass is 419 g/mol. The van der Waals surface area contributed by atoms with Crippen LogP contribution in [0.25, 0.3) is 11.1 Å². The number of benzene rings is 1. The molecule has 0 bridgehead atoms. The highest BCUT2D eigenvalue weighted by Crippen LogP contribution is 2.40. The van der Waals surface area contributed by atoms with Crippen LogP contribution < -0.4 is 5.32 Å². The summed E-state index contributed by atoms with van der Waals surface area (Å²) in [6.07, 6.45) is 2.23. The fourth-order valence-electron chi connectivity index (χ4n) is 2.63. The Kier molecular flexibility index (Phi) is 3.56. The van der Waals surface area contributed by atoms with Gasteiger partial charge in [-0.25, -0.2) is 4.98 Å². The molecule has 23 heavy (non-hydrogen) atoms. The van der Waals surface area contributed by atoms with Crippen molar-refractivity contribution in [2.45, 2.75) is 25.7 Å². The minimum Gasteiger partial charge on any atom is -0.336 e. The Morgan fingerprint density at radius 1 is 1.35 bits per heavy atom. The van der Waals surface area contributed by atoms with Gasteiger partial charge in [-0.3, -0.25) is 4.79 Å². The molecule has 0 radical (unpaired) electrons. The maximum absolute atomic E-state index is 12.8. The molecule has 1 aromatic carbocycles. The summed E-state index contributed by atoms with van der Waals surface area (Å²) in [4.78, 5) is 17.3. The minimum absolute atomic E-state index is 0.158. The number of aromatic nitrogens is 2. The van der Waals surface area contributed by atoms with Crippen LogP contribution in [-0.4, -0.2) is 16.0 Å². The van der Waals surface area contributed by atoms with E-state index in [1.54, 1.807) is 0 Å². The smallest absolute Gasteiger partial charge is 0.259 e. The van der Waals surface area contributed by atoms with Gasteiger partial charge in [0, 0.05) is 15.2 Å². The molecule has 1 aliphatic carbocycles. The van der Waals surface area contributed by atoms with Crippen molar-refractivity contribution in [3.63, 3.8) is 0 Å². The second kappa shape index (κ2) is 5.59. The molecule has 0 unspecified atom stereocenters. The molecule has 3 aromatic rings. The summed E-state index contributed by atoms with van der Waals surface area (Å²) in [7, 11) is 0. The molecule has 116 valence electrons. The zero-order valence-corrected chi connectivity index (χ0v) is 14.6. The van der Waals surface area contributed by atoms with Crippen LogP contribution in [0.3, 0.4) is 0 Å². The maximum atomic E-state index is 12.8. The van der Waals surface area contributed by atoms with E-state index in [0.29, 0.717) is 28.3 Å². The molecule has 0 atom stereocenters. The molecular weight excluding hydrogens is 405 g/mol. The Labute approximate surface area is 146 Å². The van der Waals surface area contributed by atoms with Crippen molar-refractivity contribution < 1.29 is 9.32 Å². The molecule has 1 fully saturated rings. The van der Waals surface area contributed by atoms with Crippen molar-refractivity contribution in [3.05, 3.63) is 50.9 Å². The second-order valence-corrected chi connectivity index (χ2v) is 6.91. The average molecular weight is 419 g/mol. The van der Waals surface area contributed by atoms with E-state index in [4.69, 9.17) is 4.52 Å². The predicted molar refractivity (Wildman–Crippen MR) is 95.6 cm³/mol. The third-order valence-electron chi connectivity index (χ3n) is 4.00. The van der Waals surface area contributed by atoms with E-state index in [2.05, 4.69) is 38.0 Å². The van der Waals surface area contributed by atoms with Crippen LogP contribution in [0, 0.1) is 10.5 Å². The molecule has 1 N–H and O–H groups in total. The van der Waals surface area contributed by atoms with Crippen molar-refractivity contribution in [2.75, 3.05) is 5.32 Å². The quantitative estimate of drug-likeness (QED) is 0.645. The van der Waals surface area contributed by atoms with Gasteiger partial charge in [-0.1, -0.05) is 17.3 Å². The van der Waals surface area contributed by atoms with E-state index < -0.39 is 0 Å². The van der Waals surface area contributed by atoms with Gasteiger partial charge >= 0.3 is 0 Å². The normalized spacial score (nSPS) is 14.2. The summed E-state index contributed by atoms with van der Waals surface area (Å²) in [6, 6.07) is 9.58. The topological polar surface area (TPSA) is 68.0 Å². The second-order valence-electron chi connectivity index (χ2n) is 5.75. The van der Waals surface area contributed by atoms with Gasteiger partial charge in [-0.2, -0.15) is 0 Å². The molecule has 0 saturated heterocycles. The van der Waals surface area contributed by atoms with E-state index in [9.17, 15) is 4.79 Å². The number of carbonyl (C=O) groups is 1.